The quantitative estimate of drug-likeness (QED) is 0.556. The number of carboxylic acids is 1. The molecule has 4 rings (SSSR count). The molecule has 0 saturated heterocycles. The number of ether oxygens (including phenoxy) is 3. The number of hydrogen-bond donors (Lipinski definition) is 1. The van der Waals surface area contributed by atoms with E-state index >= 15 is 0 Å². The van der Waals surface area contributed by atoms with Crippen molar-refractivity contribution in [2.45, 2.75) is 33.4 Å². The molecule has 0 fully saturated rings. The van der Waals surface area contributed by atoms with Gasteiger partial charge in [-0.1, -0.05) is 5.16 Å². The van der Waals surface area contributed by atoms with E-state index < -0.39 is 17.6 Å². The maximum absolute atomic E-state index is 12.5. The lowest BCUT2D eigenvalue weighted by atomic mass is 10.0. The Kier molecular flexibility index (Phi) is 5.75. The van der Waals surface area contributed by atoms with Crippen LogP contribution in [0.4, 0.5) is 0 Å². The van der Waals surface area contributed by atoms with Gasteiger partial charge in [0.05, 0.1) is 23.6 Å². The van der Waals surface area contributed by atoms with Crippen LogP contribution in [0.5, 0.6) is 11.5 Å². The minimum Gasteiger partial charge on any atom is -0.493 e. The van der Waals surface area contributed by atoms with E-state index in [0.717, 1.165) is 12.0 Å². The van der Waals surface area contributed by atoms with E-state index in [9.17, 15) is 14.7 Å². The molecular formula is C23H24N2O7. The van der Waals surface area contributed by atoms with Crippen LogP contribution in [-0.4, -0.2) is 41.1 Å². The van der Waals surface area contributed by atoms with Crippen LogP contribution in [0.2, 0.25) is 0 Å². The standard InChI is InChI=1S/C23H24N2O7/c1-12-8-15-17-9-18(26)16(23(27)28)11-25(17)22(21-13(2)24-32-14(21)3)31-20(15)10-19(12)30-7-5-6-29-4/h8-11,22H,5-7H2,1-4H3,(H,27,28). The van der Waals surface area contributed by atoms with Crippen LogP contribution in [0, 0.1) is 20.8 Å². The highest BCUT2D eigenvalue weighted by Crippen LogP contribution is 2.44. The van der Waals surface area contributed by atoms with Crippen molar-refractivity contribution in [2.24, 2.45) is 0 Å². The summed E-state index contributed by atoms with van der Waals surface area (Å²) in [5, 5.41) is 13.5. The highest BCUT2D eigenvalue weighted by atomic mass is 16.5. The summed E-state index contributed by atoms with van der Waals surface area (Å²) in [5.74, 6) is 0.422. The Balaban J connectivity index is 1.87. The van der Waals surface area contributed by atoms with Crippen molar-refractivity contribution < 1.29 is 28.6 Å². The number of aryl methyl sites for hydroxylation is 3. The maximum Gasteiger partial charge on any atom is 0.341 e. The van der Waals surface area contributed by atoms with Gasteiger partial charge in [-0.25, -0.2) is 4.79 Å². The summed E-state index contributed by atoms with van der Waals surface area (Å²) in [6.45, 7) is 6.52. The first-order valence-corrected chi connectivity index (χ1v) is 10.2. The van der Waals surface area contributed by atoms with E-state index in [1.165, 1.54) is 12.3 Å². The first kappa shape index (κ1) is 21.6. The molecule has 1 atom stereocenters. The third-order valence-electron chi connectivity index (χ3n) is 5.44. The summed E-state index contributed by atoms with van der Waals surface area (Å²) in [7, 11) is 1.64. The predicted octanol–water partition coefficient (Wildman–Crippen LogP) is 3.48. The molecule has 3 aromatic rings. The first-order valence-electron chi connectivity index (χ1n) is 10.2. The molecule has 9 nitrogen and oxygen atoms in total. The molecular weight excluding hydrogens is 416 g/mol. The minimum absolute atomic E-state index is 0.340. The molecule has 0 saturated carbocycles. The van der Waals surface area contributed by atoms with Crippen molar-refractivity contribution in [3.8, 4) is 22.8 Å². The summed E-state index contributed by atoms with van der Waals surface area (Å²) < 4.78 is 24.2. The van der Waals surface area contributed by atoms with Gasteiger partial charge in [0.15, 0.2) is 5.43 Å². The molecule has 9 heteroatoms. The van der Waals surface area contributed by atoms with Crippen LogP contribution in [0.15, 0.2) is 33.7 Å². The Bertz CT molecular complexity index is 1220. The second-order valence-electron chi connectivity index (χ2n) is 7.67. The molecule has 0 bridgehead atoms. The highest BCUT2D eigenvalue weighted by molar-refractivity contribution is 5.88. The van der Waals surface area contributed by atoms with E-state index in [0.29, 0.717) is 53.0 Å². The van der Waals surface area contributed by atoms with Gasteiger partial charge in [0, 0.05) is 44.0 Å². The van der Waals surface area contributed by atoms with E-state index in [-0.39, 0.29) is 5.56 Å². The van der Waals surface area contributed by atoms with Crippen molar-refractivity contribution in [2.75, 3.05) is 20.3 Å². The SMILES string of the molecule is COCCCOc1cc2c(cc1C)-c1cc(=O)c(C(=O)O)cn1C(c1c(C)noc1C)O2. The van der Waals surface area contributed by atoms with Crippen LogP contribution in [0.25, 0.3) is 11.3 Å². The van der Waals surface area contributed by atoms with Gasteiger partial charge in [-0.2, -0.15) is 0 Å². The average molecular weight is 440 g/mol. The van der Waals surface area contributed by atoms with Gasteiger partial charge in [0.2, 0.25) is 6.23 Å². The lowest BCUT2D eigenvalue weighted by molar-refractivity contribution is 0.0693. The number of nitrogens with zero attached hydrogens (tertiary/aromatic N) is 2. The predicted molar refractivity (Wildman–Crippen MR) is 115 cm³/mol. The van der Waals surface area contributed by atoms with Gasteiger partial charge < -0.3 is 28.4 Å². The molecule has 2 aromatic heterocycles. The fourth-order valence-corrected chi connectivity index (χ4v) is 3.85. The molecule has 0 aliphatic carbocycles. The maximum atomic E-state index is 12.5. The Hall–Kier alpha value is -3.59. The Morgan fingerprint density at radius 1 is 1.22 bits per heavy atom. The first-order chi connectivity index (χ1) is 15.3. The lowest BCUT2D eigenvalue weighted by Crippen LogP contribution is -2.28. The Morgan fingerprint density at radius 3 is 2.66 bits per heavy atom. The molecule has 1 aliphatic rings. The van der Waals surface area contributed by atoms with Crippen LogP contribution in [-0.2, 0) is 4.74 Å². The summed E-state index contributed by atoms with van der Waals surface area (Å²) >= 11 is 0. The molecule has 1 aromatic carbocycles. The van der Waals surface area contributed by atoms with Crippen molar-refractivity contribution in [3.05, 3.63) is 62.8 Å². The van der Waals surface area contributed by atoms with Crippen LogP contribution < -0.4 is 14.9 Å². The second-order valence-corrected chi connectivity index (χ2v) is 7.67. The number of methoxy groups -OCH3 is 1. The highest BCUT2D eigenvalue weighted by Gasteiger charge is 2.32. The van der Waals surface area contributed by atoms with Crippen molar-refractivity contribution in [1.82, 2.24) is 9.72 Å². The zero-order chi connectivity index (χ0) is 23.0. The number of pyridine rings is 1. The number of carboxylic acid groups (broad SMARTS) is 1. The van der Waals surface area contributed by atoms with Crippen LogP contribution in [0.1, 0.15) is 45.6 Å². The van der Waals surface area contributed by atoms with Crippen molar-refractivity contribution >= 4 is 5.97 Å². The molecule has 0 spiro atoms. The van der Waals surface area contributed by atoms with Crippen molar-refractivity contribution in [1.29, 1.82) is 0 Å². The summed E-state index contributed by atoms with van der Waals surface area (Å²) in [5.41, 5.74) is 2.44. The molecule has 1 aliphatic heterocycles. The largest absolute Gasteiger partial charge is 0.493 e. The molecule has 32 heavy (non-hydrogen) atoms. The van der Waals surface area contributed by atoms with Crippen LogP contribution >= 0.6 is 0 Å². The number of aromatic nitrogens is 2. The third kappa shape index (κ3) is 3.75. The molecule has 1 N–H and O–H groups in total. The number of rotatable bonds is 7. The average Bonchev–Trinajstić information content (AvgIpc) is 3.08. The van der Waals surface area contributed by atoms with Gasteiger partial charge in [-0.05, 0) is 32.4 Å². The fraction of sp³-hybridized carbons (Fsp3) is 0.348. The molecule has 1 unspecified atom stereocenters. The third-order valence-corrected chi connectivity index (χ3v) is 5.44. The van der Waals surface area contributed by atoms with Gasteiger partial charge in [0.25, 0.3) is 0 Å². The summed E-state index contributed by atoms with van der Waals surface area (Å²) in [6.07, 6.45) is 1.29. The molecule has 0 radical (unpaired) electrons. The number of benzene rings is 1. The Labute approximate surface area is 184 Å². The van der Waals surface area contributed by atoms with Gasteiger partial charge in [-0.3, -0.25) is 4.79 Å². The van der Waals surface area contributed by atoms with Crippen LogP contribution in [0.3, 0.4) is 0 Å². The second kappa shape index (κ2) is 8.51. The normalized spacial score (nSPS) is 14.4. The molecule has 168 valence electrons. The molecule has 0 amide bonds. The number of carbonyl (C=O) groups is 1. The zero-order valence-electron chi connectivity index (χ0n) is 18.3. The fourth-order valence-electron chi connectivity index (χ4n) is 3.85. The van der Waals surface area contributed by atoms with E-state index in [1.807, 2.05) is 13.0 Å². The minimum atomic E-state index is -1.30. The smallest absolute Gasteiger partial charge is 0.341 e. The number of hydrogen-bond acceptors (Lipinski definition) is 7. The van der Waals surface area contributed by atoms with E-state index in [4.69, 9.17) is 18.7 Å². The number of aromatic carboxylic acids is 1. The van der Waals surface area contributed by atoms with Gasteiger partial charge in [0.1, 0.15) is 22.8 Å². The van der Waals surface area contributed by atoms with E-state index in [2.05, 4.69) is 5.16 Å². The zero-order valence-corrected chi connectivity index (χ0v) is 18.3. The van der Waals surface area contributed by atoms with Gasteiger partial charge >= 0.3 is 5.97 Å². The summed E-state index contributed by atoms with van der Waals surface area (Å²) in [4.78, 5) is 24.1. The number of fused-ring (bicyclic) bond motifs is 3. The monoisotopic (exact) mass is 440 g/mol. The summed E-state index contributed by atoms with van der Waals surface area (Å²) in [6, 6.07) is 4.99. The topological polar surface area (TPSA) is 113 Å². The lowest BCUT2D eigenvalue weighted by Gasteiger charge is -2.32. The molecule has 3 heterocycles. The Morgan fingerprint density at radius 2 is 2.00 bits per heavy atom. The van der Waals surface area contributed by atoms with E-state index in [1.54, 1.807) is 31.6 Å². The van der Waals surface area contributed by atoms with Crippen molar-refractivity contribution in [3.63, 3.8) is 0 Å². The van der Waals surface area contributed by atoms with Gasteiger partial charge in [-0.15, -0.1) is 0 Å².